The molecule has 1 rings (SSSR count). The molecule has 0 saturated carbocycles. The lowest BCUT2D eigenvalue weighted by molar-refractivity contribution is 0.295. The molecule has 0 aliphatic heterocycles. The quantitative estimate of drug-likeness (QED) is 0.757. The number of aliphatic hydroxyl groups is 1. The molecule has 0 aromatic carbocycles. The van der Waals surface area contributed by atoms with E-state index in [-0.39, 0.29) is 6.61 Å². The Kier molecular flexibility index (Phi) is 6.81. The van der Waals surface area contributed by atoms with Gasteiger partial charge in [0.15, 0.2) is 0 Å². The van der Waals surface area contributed by atoms with Crippen LogP contribution in [0.3, 0.4) is 0 Å². The molecule has 0 radical (unpaired) electrons. The number of hydrogen-bond donors (Lipinski definition) is 2. The van der Waals surface area contributed by atoms with Crippen LogP contribution in [0.5, 0.6) is 0 Å². The summed E-state index contributed by atoms with van der Waals surface area (Å²) in [5.41, 5.74) is 1.18. The van der Waals surface area contributed by atoms with Crippen LogP contribution in [0.2, 0.25) is 0 Å². The minimum Gasteiger partial charge on any atom is -0.395 e. The molecule has 1 aromatic rings. The van der Waals surface area contributed by atoms with Crippen molar-refractivity contribution in [3.8, 4) is 0 Å². The number of nitrogens with zero attached hydrogens (tertiary/aromatic N) is 2. The average Bonchev–Trinajstić information content (AvgIpc) is 2.47. The van der Waals surface area contributed by atoms with Crippen LogP contribution in [0.25, 0.3) is 0 Å². The zero-order valence-electron chi connectivity index (χ0n) is 12.6. The van der Waals surface area contributed by atoms with Gasteiger partial charge in [-0.25, -0.2) is 4.98 Å². The summed E-state index contributed by atoms with van der Waals surface area (Å²) in [6.45, 7) is 7.27. The molecule has 4 heteroatoms. The maximum absolute atomic E-state index is 9.24. The second-order valence-corrected chi connectivity index (χ2v) is 4.85. The van der Waals surface area contributed by atoms with Crippen molar-refractivity contribution >= 4 is 5.82 Å². The Morgan fingerprint density at radius 3 is 2.42 bits per heavy atom. The second kappa shape index (κ2) is 8.12. The Morgan fingerprint density at radius 1 is 1.32 bits per heavy atom. The van der Waals surface area contributed by atoms with E-state index in [1.54, 1.807) is 0 Å². The number of nitrogens with one attached hydrogen (secondary N) is 1. The van der Waals surface area contributed by atoms with Gasteiger partial charge in [0.25, 0.3) is 0 Å². The highest BCUT2D eigenvalue weighted by Crippen LogP contribution is 2.20. The Hall–Kier alpha value is -1.13. The molecule has 0 saturated heterocycles. The molecule has 1 unspecified atom stereocenters. The maximum atomic E-state index is 9.24. The van der Waals surface area contributed by atoms with Crippen molar-refractivity contribution < 1.29 is 5.11 Å². The molecule has 0 aliphatic rings. The number of anilines is 1. The first-order chi connectivity index (χ1) is 9.17. The fourth-order valence-corrected chi connectivity index (χ4v) is 2.31. The summed E-state index contributed by atoms with van der Waals surface area (Å²) in [4.78, 5) is 6.76. The van der Waals surface area contributed by atoms with Gasteiger partial charge in [-0.1, -0.05) is 19.9 Å². The Labute approximate surface area is 116 Å². The molecule has 0 bridgehead atoms. The molecular weight excluding hydrogens is 238 g/mol. The van der Waals surface area contributed by atoms with E-state index in [1.165, 1.54) is 5.56 Å². The van der Waals surface area contributed by atoms with Crippen molar-refractivity contribution in [3.05, 3.63) is 23.9 Å². The van der Waals surface area contributed by atoms with E-state index in [9.17, 15) is 5.11 Å². The van der Waals surface area contributed by atoms with Crippen LogP contribution in [0.1, 0.15) is 45.2 Å². The van der Waals surface area contributed by atoms with Gasteiger partial charge in [-0.2, -0.15) is 0 Å². The molecule has 4 nitrogen and oxygen atoms in total. The number of pyridine rings is 1. The molecule has 1 aromatic heterocycles. The number of rotatable bonds is 8. The van der Waals surface area contributed by atoms with Gasteiger partial charge in [-0.15, -0.1) is 0 Å². The lowest BCUT2D eigenvalue weighted by atomic mass is 10.1. The summed E-state index contributed by atoms with van der Waals surface area (Å²) in [7, 11) is 1.95. The van der Waals surface area contributed by atoms with Crippen molar-refractivity contribution in [2.75, 3.05) is 25.1 Å². The normalized spacial score (nSPS) is 12.7. The summed E-state index contributed by atoms with van der Waals surface area (Å²) in [5.74, 6) is 0.954. The third-order valence-electron chi connectivity index (χ3n) is 3.72. The highest BCUT2D eigenvalue weighted by molar-refractivity contribution is 5.41. The summed E-state index contributed by atoms with van der Waals surface area (Å²) in [6, 6.07) is 4.90. The van der Waals surface area contributed by atoms with Gasteiger partial charge in [0, 0.05) is 24.8 Å². The van der Waals surface area contributed by atoms with E-state index in [0.717, 1.165) is 18.7 Å². The predicted molar refractivity (Wildman–Crippen MR) is 80.5 cm³/mol. The van der Waals surface area contributed by atoms with Crippen molar-refractivity contribution in [2.24, 2.45) is 0 Å². The minimum atomic E-state index is 0.160. The number of aliphatic hydroxyl groups excluding tert-OH is 1. The molecule has 0 amide bonds. The lowest BCUT2D eigenvalue weighted by Crippen LogP contribution is -2.37. The van der Waals surface area contributed by atoms with E-state index < -0.39 is 0 Å². The molecule has 1 heterocycles. The monoisotopic (exact) mass is 265 g/mol. The molecule has 0 fully saturated rings. The van der Waals surface area contributed by atoms with Gasteiger partial charge in [-0.05, 0) is 38.4 Å². The first kappa shape index (κ1) is 15.9. The number of hydrogen-bond acceptors (Lipinski definition) is 4. The smallest absolute Gasteiger partial charge is 0.128 e. The molecule has 19 heavy (non-hydrogen) atoms. The largest absolute Gasteiger partial charge is 0.395 e. The van der Waals surface area contributed by atoms with E-state index in [4.69, 9.17) is 0 Å². The van der Waals surface area contributed by atoms with Crippen LogP contribution in [0, 0.1) is 0 Å². The van der Waals surface area contributed by atoms with Crippen molar-refractivity contribution in [2.45, 2.75) is 45.7 Å². The van der Waals surface area contributed by atoms with Gasteiger partial charge in [0.05, 0.1) is 6.61 Å². The fourth-order valence-electron chi connectivity index (χ4n) is 2.31. The van der Waals surface area contributed by atoms with Gasteiger partial charge in [0.2, 0.25) is 0 Å². The fraction of sp³-hybridized carbons (Fsp3) is 0.667. The molecule has 1 atom stereocenters. The van der Waals surface area contributed by atoms with Gasteiger partial charge in [0.1, 0.15) is 5.82 Å². The molecule has 0 aliphatic carbocycles. The van der Waals surface area contributed by atoms with E-state index >= 15 is 0 Å². The van der Waals surface area contributed by atoms with E-state index in [0.29, 0.717) is 18.6 Å². The maximum Gasteiger partial charge on any atom is 0.128 e. The zero-order chi connectivity index (χ0) is 14.3. The van der Waals surface area contributed by atoms with Crippen LogP contribution in [0.15, 0.2) is 18.3 Å². The average molecular weight is 265 g/mol. The highest BCUT2D eigenvalue weighted by Gasteiger charge is 2.16. The van der Waals surface area contributed by atoms with Crippen LogP contribution >= 0.6 is 0 Å². The van der Waals surface area contributed by atoms with E-state index in [2.05, 4.69) is 48.1 Å². The zero-order valence-corrected chi connectivity index (χ0v) is 12.6. The summed E-state index contributed by atoms with van der Waals surface area (Å²) in [5, 5.41) is 12.4. The van der Waals surface area contributed by atoms with Crippen molar-refractivity contribution in [1.82, 2.24) is 10.3 Å². The molecule has 0 spiro atoms. The second-order valence-electron chi connectivity index (χ2n) is 4.85. The Morgan fingerprint density at radius 2 is 2.00 bits per heavy atom. The van der Waals surface area contributed by atoms with Crippen molar-refractivity contribution in [3.63, 3.8) is 0 Å². The number of aromatic nitrogens is 1. The standard InChI is InChI=1S/C15H27N3O/c1-5-14(6-2)18(9-10-19)15-8-7-13(11-17-15)12(3)16-4/h7-8,11-12,14,16,19H,5-6,9-10H2,1-4H3. The Bertz CT molecular complexity index is 349. The van der Waals surface area contributed by atoms with E-state index in [1.807, 2.05) is 13.2 Å². The SMILES string of the molecule is CCC(CC)N(CCO)c1ccc(C(C)NC)cn1. The van der Waals surface area contributed by atoms with Gasteiger partial charge < -0.3 is 15.3 Å². The third-order valence-corrected chi connectivity index (χ3v) is 3.72. The van der Waals surface area contributed by atoms with Gasteiger partial charge >= 0.3 is 0 Å². The highest BCUT2D eigenvalue weighted by atomic mass is 16.3. The predicted octanol–water partition coefficient (Wildman–Crippen LogP) is 2.35. The first-order valence-corrected chi connectivity index (χ1v) is 7.18. The lowest BCUT2D eigenvalue weighted by Gasteiger charge is -2.31. The van der Waals surface area contributed by atoms with Crippen LogP contribution in [0.4, 0.5) is 5.82 Å². The van der Waals surface area contributed by atoms with Gasteiger partial charge in [-0.3, -0.25) is 0 Å². The minimum absolute atomic E-state index is 0.160. The summed E-state index contributed by atoms with van der Waals surface area (Å²) < 4.78 is 0. The summed E-state index contributed by atoms with van der Waals surface area (Å²) in [6.07, 6.45) is 4.04. The molecular formula is C15H27N3O. The molecule has 108 valence electrons. The van der Waals surface area contributed by atoms with Crippen molar-refractivity contribution in [1.29, 1.82) is 0 Å². The van der Waals surface area contributed by atoms with Crippen LogP contribution < -0.4 is 10.2 Å². The summed E-state index contributed by atoms with van der Waals surface area (Å²) >= 11 is 0. The van der Waals surface area contributed by atoms with Crippen LogP contribution in [-0.4, -0.2) is 36.3 Å². The first-order valence-electron chi connectivity index (χ1n) is 7.18. The Balaban J connectivity index is 2.90. The third kappa shape index (κ3) is 4.18. The topological polar surface area (TPSA) is 48.4 Å². The van der Waals surface area contributed by atoms with Crippen LogP contribution in [-0.2, 0) is 0 Å². The molecule has 2 N–H and O–H groups in total.